The second-order valence-electron chi connectivity index (χ2n) is 8.68. The number of para-hydroxylation sites is 1. The third-order valence-corrected chi connectivity index (χ3v) is 8.28. The van der Waals surface area contributed by atoms with Crippen LogP contribution in [-0.2, 0) is 21.3 Å². The van der Waals surface area contributed by atoms with E-state index >= 15 is 0 Å². The lowest BCUT2D eigenvalue weighted by Gasteiger charge is -2.27. The summed E-state index contributed by atoms with van der Waals surface area (Å²) in [5, 5.41) is 2.97. The first kappa shape index (κ1) is 24.7. The predicted molar refractivity (Wildman–Crippen MR) is 131 cm³/mol. The van der Waals surface area contributed by atoms with Gasteiger partial charge in [-0.1, -0.05) is 31.0 Å². The fourth-order valence-electron chi connectivity index (χ4n) is 4.43. The van der Waals surface area contributed by atoms with Gasteiger partial charge in [-0.05, 0) is 42.7 Å². The van der Waals surface area contributed by atoms with E-state index < -0.39 is 15.9 Å². The number of nitrogens with one attached hydrogen (secondary N) is 1. The van der Waals surface area contributed by atoms with Gasteiger partial charge in [0.25, 0.3) is 5.91 Å². The monoisotopic (exact) mass is 487 g/mol. The summed E-state index contributed by atoms with van der Waals surface area (Å²) in [4.78, 5) is 15.7. The highest BCUT2D eigenvalue weighted by molar-refractivity contribution is 7.89. The maximum atomic E-state index is 13.3. The molecule has 2 fully saturated rings. The van der Waals surface area contributed by atoms with Gasteiger partial charge in [0, 0.05) is 38.4 Å². The van der Waals surface area contributed by atoms with Crippen LogP contribution in [0.2, 0.25) is 0 Å². The van der Waals surface area contributed by atoms with E-state index in [4.69, 9.17) is 9.47 Å². The van der Waals surface area contributed by atoms with Crippen LogP contribution in [0.1, 0.15) is 41.6 Å². The van der Waals surface area contributed by atoms with E-state index in [2.05, 4.69) is 10.2 Å². The Morgan fingerprint density at radius 1 is 1.00 bits per heavy atom. The zero-order valence-electron chi connectivity index (χ0n) is 19.7. The lowest BCUT2D eigenvalue weighted by atomic mass is 10.1. The van der Waals surface area contributed by atoms with Crippen molar-refractivity contribution in [2.24, 2.45) is 0 Å². The molecule has 2 saturated heterocycles. The Morgan fingerprint density at radius 3 is 2.41 bits per heavy atom. The largest absolute Gasteiger partial charge is 0.496 e. The molecule has 0 spiro atoms. The lowest BCUT2D eigenvalue weighted by Crippen LogP contribution is -2.35. The Labute approximate surface area is 201 Å². The van der Waals surface area contributed by atoms with Crippen molar-refractivity contribution < 1.29 is 22.7 Å². The van der Waals surface area contributed by atoms with Crippen LogP contribution in [0, 0.1) is 0 Å². The molecule has 4 rings (SSSR count). The number of rotatable bonds is 7. The number of benzene rings is 2. The number of methoxy groups -OCH3 is 1. The number of ether oxygens (including phenoxy) is 2. The van der Waals surface area contributed by atoms with Gasteiger partial charge in [0.2, 0.25) is 10.0 Å². The Kier molecular flexibility index (Phi) is 8.20. The first-order valence-corrected chi connectivity index (χ1v) is 13.3. The molecule has 0 bridgehead atoms. The van der Waals surface area contributed by atoms with E-state index in [9.17, 15) is 13.2 Å². The van der Waals surface area contributed by atoms with Gasteiger partial charge in [-0.25, -0.2) is 8.42 Å². The molecular weight excluding hydrogens is 454 g/mol. The lowest BCUT2D eigenvalue weighted by molar-refractivity contribution is 0.0342. The molecule has 2 aliphatic rings. The first-order valence-electron chi connectivity index (χ1n) is 11.9. The molecule has 184 valence electrons. The molecule has 1 amide bonds. The molecule has 9 heteroatoms. The summed E-state index contributed by atoms with van der Waals surface area (Å²) in [6, 6.07) is 12.2. The number of carbonyl (C=O) groups is 1. The minimum absolute atomic E-state index is 0.113. The van der Waals surface area contributed by atoms with Crippen molar-refractivity contribution in [3.63, 3.8) is 0 Å². The summed E-state index contributed by atoms with van der Waals surface area (Å²) in [5.41, 5.74) is 1.88. The van der Waals surface area contributed by atoms with Crippen LogP contribution in [0.15, 0.2) is 47.4 Å². The number of amides is 1. The van der Waals surface area contributed by atoms with Crippen molar-refractivity contribution in [1.82, 2.24) is 9.21 Å². The molecule has 0 unspecified atom stereocenters. The third kappa shape index (κ3) is 5.78. The Morgan fingerprint density at radius 2 is 1.71 bits per heavy atom. The molecule has 8 nitrogen and oxygen atoms in total. The van der Waals surface area contributed by atoms with Crippen molar-refractivity contribution in [1.29, 1.82) is 0 Å². The SMILES string of the molecule is COc1ccc(S(=O)(=O)N2CCCCCC2)cc1C(=O)Nc1ccccc1CN1CCOCC1. The Balaban J connectivity index is 1.57. The smallest absolute Gasteiger partial charge is 0.259 e. The fourth-order valence-corrected chi connectivity index (χ4v) is 5.97. The van der Waals surface area contributed by atoms with Gasteiger partial charge in [0.05, 0.1) is 30.8 Å². The number of anilines is 1. The Hall–Kier alpha value is -2.46. The van der Waals surface area contributed by atoms with Gasteiger partial charge in [0.1, 0.15) is 5.75 Å². The summed E-state index contributed by atoms with van der Waals surface area (Å²) in [6.45, 7) is 4.78. The predicted octanol–water partition coefficient (Wildman–Crippen LogP) is 3.34. The third-order valence-electron chi connectivity index (χ3n) is 6.38. The van der Waals surface area contributed by atoms with E-state index in [1.807, 2.05) is 24.3 Å². The molecule has 34 heavy (non-hydrogen) atoms. The van der Waals surface area contributed by atoms with Gasteiger partial charge >= 0.3 is 0 Å². The van der Waals surface area contributed by atoms with Crippen molar-refractivity contribution in [2.45, 2.75) is 37.1 Å². The van der Waals surface area contributed by atoms with Crippen LogP contribution in [-0.4, -0.2) is 70.0 Å². The maximum absolute atomic E-state index is 13.3. The number of carbonyl (C=O) groups excluding carboxylic acids is 1. The Bertz CT molecular complexity index is 1090. The van der Waals surface area contributed by atoms with E-state index in [0.29, 0.717) is 44.3 Å². The second kappa shape index (κ2) is 11.3. The zero-order valence-corrected chi connectivity index (χ0v) is 20.5. The van der Waals surface area contributed by atoms with Crippen molar-refractivity contribution in [3.05, 3.63) is 53.6 Å². The van der Waals surface area contributed by atoms with E-state index in [1.54, 1.807) is 6.07 Å². The van der Waals surface area contributed by atoms with Crippen molar-refractivity contribution in [3.8, 4) is 5.75 Å². The first-order chi connectivity index (χ1) is 16.5. The molecule has 0 aromatic heterocycles. The quantitative estimate of drug-likeness (QED) is 0.645. The van der Waals surface area contributed by atoms with E-state index in [0.717, 1.165) is 44.3 Å². The zero-order chi connectivity index (χ0) is 24.0. The fraction of sp³-hybridized carbons (Fsp3) is 0.480. The summed E-state index contributed by atoms with van der Waals surface area (Å²) >= 11 is 0. The number of sulfonamides is 1. The van der Waals surface area contributed by atoms with Crippen LogP contribution in [0.3, 0.4) is 0 Å². The number of nitrogens with zero attached hydrogens (tertiary/aromatic N) is 2. The normalized spacial score (nSPS) is 18.3. The maximum Gasteiger partial charge on any atom is 0.259 e. The molecule has 2 aromatic rings. The van der Waals surface area contributed by atoms with Crippen LogP contribution >= 0.6 is 0 Å². The molecule has 2 aromatic carbocycles. The summed E-state index contributed by atoms with van der Waals surface area (Å²) in [6.07, 6.45) is 3.77. The van der Waals surface area contributed by atoms with Gasteiger partial charge in [0.15, 0.2) is 0 Å². The summed E-state index contributed by atoms with van der Waals surface area (Å²) in [5.74, 6) is -0.0721. The van der Waals surface area contributed by atoms with Crippen LogP contribution < -0.4 is 10.1 Å². The highest BCUT2D eigenvalue weighted by Gasteiger charge is 2.27. The standard InChI is InChI=1S/C25H33N3O5S/c1-32-24-11-10-21(34(30,31)28-12-6-2-3-7-13-28)18-22(24)25(29)26-23-9-5-4-8-20(23)19-27-14-16-33-17-15-27/h4-5,8-11,18H,2-3,6-7,12-17,19H2,1H3,(H,26,29). The number of hydrogen-bond donors (Lipinski definition) is 1. The molecule has 0 radical (unpaired) electrons. The molecular formula is C25H33N3O5S. The minimum atomic E-state index is -3.69. The molecule has 0 saturated carbocycles. The van der Waals surface area contributed by atoms with E-state index in [1.165, 1.54) is 23.5 Å². The van der Waals surface area contributed by atoms with Crippen LogP contribution in [0.25, 0.3) is 0 Å². The van der Waals surface area contributed by atoms with Gasteiger partial charge in [-0.3, -0.25) is 9.69 Å². The summed E-state index contributed by atoms with van der Waals surface area (Å²) in [7, 11) is -2.21. The topological polar surface area (TPSA) is 88.2 Å². The molecule has 0 aliphatic carbocycles. The van der Waals surface area contributed by atoms with Crippen LogP contribution in [0.4, 0.5) is 5.69 Å². The summed E-state index contributed by atoms with van der Waals surface area (Å²) < 4.78 is 38.9. The number of hydrogen-bond acceptors (Lipinski definition) is 6. The molecule has 2 heterocycles. The highest BCUT2D eigenvalue weighted by atomic mass is 32.2. The van der Waals surface area contributed by atoms with Gasteiger partial charge in [-0.2, -0.15) is 4.31 Å². The molecule has 2 aliphatic heterocycles. The second-order valence-corrected chi connectivity index (χ2v) is 10.6. The average Bonchev–Trinajstić information content (AvgIpc) is 3.16. The average molecular weight is 488 g/mol. The highest BCUT2D eigenvalue weighted by Crippen LogP contribution is 2.28. The van der Waals surface area contributed by atoms with Crippen LogP contribution in [0.5, 0.6) is 5.75 Å². The van der Waals surface area contributed by atoms with Crippen molar-refractivity contribution in [2.75, 3.05) is 51.8 Å². The van der Waals surface area contributed by atoms with Gasteiger partial charge in [-0.15, -0.1) is 0 Å². The number of morpholine rings is 1. The van der Waals surface area contributed by atoms with Gasteiger partial charge < -0.3 is 14.8 Å². The van der Waals surface area contributed by atoms with Crippen molar-refractivity contribution >= 4 is 21.6 Å². The molecule has 1 N–H and O–H groups in total. The molecule has 0 atom stereocenters. The minimum Gasteiger partial charge on any atom is -0.496 e. The van der Waals surface area contributed by atoms with E-state index in [-0.39, 0.29) is 10.5 Å².